The van der Waals surface area contributed by atoms with Crippen molar-refractivity contribution in [1.82, 2.24) is 0 Å². The van der Waals surface area contributed by atoms with Crippen molar-refractivity contribution in [3.8, 4) is 0 Å². The summed E-state index contributed by atoms with van der Waals surface area (Å²) >= 11 is 0. The minimum Gasteiger partial charge on any atom is -0.358 e. The normalized spacial score (nSPS) is 4.75. The van der Waals surface area contributed by atoms with Crippen LogP contribution in [0, 0.1) is 14.3 Å². The zero-order valence-corrected chi connectivity index (χ0v) is 6.70. The van der Waals surface area contributed by atoms with E-state index >= 15 is 0 Å². The average Bonchev–Trinajstić information content (AvgIpc) is 0.918. The second kappa shape index (κ2) is 22.9. The zero-order valence-electron chi connectivity index (χ0n) is 4.58. The van der Waals surface area contributed by atoms with Crippen LogP contribution in [0.3, 0.4) is 0 Å². The fourth-order valence-electron chi connectivity index (χ4n) is 0. The molecule has 4 heavy (non-hydrogen) atoms. The Hall–Kier alpha value is 1.64. The van der Waals surface area contributed by atoms with Gasteiger partial charge in [0, 0.05) is 0 Å². The van der Waals surface area contributed by atoms with Crippen LogP contribution in [-0.2, 0) is 0 Å². The number of hydrogen-bond donors (Lipinski definition) is 0. The fourth-order valence-corrected chi connectivity index (χ4v) is 0. The maximum absolute atomic E-state index is 6.08. The van der Waals surface area contributed by atoms with Gasteiger partial charge in [0.15, 0.2) is 0 Å². The largest absolute Gasteiger partial charge is 1.00 e. The van der Waals surface area contributed by atoms with E-state index in [4.69, 9.17) is 1.37 Å². The second-order valence-corrected chi connectivity index (χ2v) is 0. The van der Waals surface area contributed by atoms with Crippen molar-refractivity contribution >= 4 is 0 Å². The summed E-state index contributed by atoms with van der Waals surface area (Å²) in [6.07, 6.45) is 0. The van der Waals surface area contributed by atoms with E-state index in [1.54, 1.807) is 6.92 Å². The molecular formula is C3H8K-. The third-order valence-corrected chi connectivity index (χ3v) is 0. The van der Waals surface area contributed by atoms with Crippen LogP contribution >= 0.6 is 0 Å². The predicted octanol–water partition coefficient (Wildman–Crippen LogP) is -1.71. The molecule has 0 fully saturated rings. The van der Waals surface area contributed by atoms with Gasteiger partial charge in [0.1, 0.15) is 0 Å². The zero-order chi connectivity index (χ0) is 2.71. The van der Waals surface area contributed by atoms with Gasteiger partial charge in [-0.2, -0.15) is 6.92 Å². The molecule has 0 aliphatic rings. The molecule has 0 aromatic carbocycles. The van der Waals surface area contributed by atoms with Gasteiger partial charge < -0.3 is 14.3 Å². The fraction of sp³-hybridized carbons (Fsp3) is 0.333. The van der Waals surface area contributed by atoms with Gasteiger partial charge in [0.25, 0.3) is 0 Å². The SMILES string of the molecule is [3H][CH-]C.[CH3-].[K+]. The molecule has 0 aliphatic carbocycles. The van der Waals surface area contributed by atoms with Crippen molar-refractivity contribution in [2.75, 3.05) is 0 Å². The number of hydrogen-bond acceptors (Lipinski definition) is 0. The maximum Gasteiger partial charge on any atom is 1.00 e. The van der Waals surface area contributed by atoms with Crippen LogP contribution in [0.1, 0.15) is 8.29 Å². The van der Waals surface area contributed by atoms with Gasteiger partial charge in [-0.3, -0.25) is 0 Å². The standard InChI is InChI=1S/C2H5.CH3.K/c1-2;;/h1H2,2H3;1H3;/q2*-1;+1/i1T;;. The first-order valence-corrected chi connectivity index (χ1v) is 0.577. The van der Waals surface area contributed by atoms with E-state index in [0.29, 0.717) is 0 Å². The topological polar surface area (TPSA) is 0 Å². The van der Waals surface area contributed by atoms with Crippen molar-refractivity contribution in [1.29, 1.82) is 0 Å². The molecule has 22 valence electrons. The van der Waals surface area contributed by atoms with E-state index < -0.39 is 0 Å². The van der Waals surface area contributed by atoms with E-state index in [-0.39, 0.29) is 58.8 Å². The molecule has 0 radical (unpaired) electrons. The van der Waals surface area contributed by atoms with E-state index in [1.165, 1.54) is 6.90 Å². The molecule has 0 aromatic heterocycles. The molecule has 0 rings (SSSR count). The van der Waals surface area contributed by atoms with E-state index in [0.717, 1.165) is 0 Å². The molecule has 0 amide bonds. The molecule has 1 heteroatoms. The molecule has 0 aliphatic heterocycles. The van der Waals surface area contributed by atoms with Crippen molar-refractivity contribution in [3.05, 3.63) is 14.3 Å². The Morgan fingerprint density at radius 2 is 2.00 bits per heavy atom. The summed E-state index contributed by atoms with van der Waals surface area (Å²) in [7, 11) is 0. The van der Waals surface area contributed by atoms with Crippen molar-refractivity contribution < 1.29 is 52.8 Å². The van der Waals surface area contributed by atoms with Crippen LogP contribution in [0.15, 0.2) is 0 Å². The molecule has 0 saturated carbocycles. The molecule has 0 bridgehead atoms. The third-order valence-electron chi connectivity index (χ3n) is 0. The van der Waals surface area contributed by atoms with E-state index in [9.17, 15) is 0 Å². The van der Waals surface area contributed by atoms with Gasteiger partial charge >= 0.3 is 51.4 Å². The Bertz CT molecular complexity index is 6.85. The molecule has 0 nitrogen and oxygen atoms in total. The number of rotatable bonds is 0. The first-order chi connectivity index (χ1) is 1.41. The third kappa shape index (κ3) is 9.44. The minimum absolute atomic E-state index is 0. The molecule has 0 unspecified atom stereocenters. The van der Waals surface area contributed by atoms with Crippen molar-refractivity contribution in [3.63, 3.8) is 0 Å². The van der Waals surface area contributed by atoms with Crippen molar-refractivity contribution in [2.24, 2.45) is 0 Å². The summed E-state index contributed by atoms with van der Waals surface area (Å²) in [6, 6.07) is 0. The Labute approximate surface area is 72.8 Å². The quantitative estimate of drug-likeness (QED) is 0.243. The Balaban J connectivity index is -0.0000000200. The first kappa shape index (κ1) is 9.16. The predicted molar refractivity (Wildman–Crippen MR) is 17.4 cm³/mol. The van der Waals surface area contributed by atoms with Gasteiger partial charge in [-0.1, -0.05) is 0 Å². The summed E-state index contributed by atoms with van der Waals surface area (Å²) in [5, 5.41) is 0. The Kier molecular flexibility index (Phi) is 52.4. The summed E-state index contributed by atoms with van der Waals surface area (Å²) in [4.78, 5) is 0. The molecule has 0 N–H and O–H groups in total. The van der Waals surface area contributed by atoms with E-state index in [2.05, 4.69) is 0 Å². The maximum atomic E-state index is 6.08. The molecule has 0 aromatic rings. The van der Waals surface area contributed by atoms with Gasteiger partial charge in [-0.05, 0) is 0 Å². The van der Waals surface area contributed by atoms with Crippen LogP contribution < -0.4 is 51.4 Å². The Morgan fingerprint density at radius 1 is 2.00 bits per heavy atom. The monoisotopic (exact) mass is 85.0 g/mol. The average molecular weight is 85.2 g/mol. The molecule has 0 atom stereocenters. The van der Waals surface area contributed by atoms with Crippen LogP contribution in [0.4, 0.5) is 0 Å². The van der Waals surface area contributed by atoms with Crippen LogP contribution in [0.5, 0.6) is 0 Å². The first-order valence-electron chi connectivity index (χ1n) is 1.15. The molecular weight excluding hydrogens is 75.1 g/mol. The summed E-state index contributed by atoms with van der Waals surface area (Å²) in [5.41, 5.74) is 0. The van der Waals surface area contributed by atoms with Gasteiger partial charge in [0.2, 0.25) is 0 Å². The van der Waals surface area contributed by atoms with Gasteiger partial charge in [0.05, 0.1) is 0 Å². The summed E-state index contributed by atoms with van der Waals surface area (Å²) in [6.45, 7) is 2.92. The summed E-state index contributed by atoms with van der Waals surface area (Å²) < 4.78 is 6.08. The van der Waals surface area contributed by atoms with Crippen LogP contribution in [0.25, 0.3) is 0 Å². The van der Waals surface area contributed by atoms with E-state index in [1.807, 2.05) is 0 Å². The van der Waals surface area contributed by atoms with Gasteiger partial charge in [-0.25, -0.2) is 1.37 Å². The molecule has 0 saturated heterocycles. The van der Waals surface area contributed by atoms with Crippen LogP contribution in [0.2, 0.25) is 0 Å². The van der Waals surface area contributed by atoms with Gasteiger partial charge in [-0.15, -0.1) is 0 Å². The minimum atomic E-state index is 0. The van der Waals surface area contributed by atoms with Crippen molar-refractivity contribution in [2.45, 2.75) is 6.92 Å². The smallest absolute Gasteiger partial charge is 0.358 e. The molecule has 0 heterocycles. The van der Waals surface area contributed by atoms with Crippen LogP contribution in [-0.4, -0.2) is 0 Å². The summed E-state index contributed by atoms with van der Waals surface area (Å²) in [5.74, 6) is 0. The Morgan fingerprint density at radius 3 is 2.00 bits per heavy atom. The second-order valence-electron chi connectivity index (χ2n) is 0. The molecule has 0 spiro atoms.